The fraction of sp³-hybridized carbons (Fsp3) is 0.130. The van der Waals surface area contributed by atoms with E-state index in [9.17, 15) is 14.7 Å². The molecular formula is C23H21N5O4. The molecule has 9 heteroatoms. The van der Waals surface area contributed by atoms with Crippen LogP contribution in [-0.4, -0.2) is 44.6 Å². The summed E-state index contributed by atoms with van der Waals surface area (Å²) in [6.45, 7) is 2.09. The molecule has 3 aromatic rings. The van der Waals surface area contributed by atoms with E-state index in [1.54, 1.807) is 25.6 Å². The molecule has 0 bridgehead atoms. The van der Waals surface area contributed by atoms with Gasteiger partial charge in [0.1, 0.15) is 5.75 Å². The molecule has 1 fully saturated rings. The van der Waals surface area contributed by atoms with Crippen LogP contribution in [0.5, 0.6) is 5.75 Å². The fourth-order valence-electron chi connectivity index (χ4n) is 3.42. The van der Waals surface area contributed by atoms with E-state index in [1.165, 1.54) is 4.90 Å². The third kappa shape index (κ3) is 4.36. The number of ether oxygens (including phenoxy) is 1. The summed E-state index contributed by atoms with van der Waals surface area (Å²) in [7, 11) is 1.57. The molecule has 2 N–H and O–H groups in total. The quantitative estimate of drug-likeness (QED) is 0.638. The molecule has 1 aliphatic rings. The number of benzene rings is 2. The number of methoxy groups -OCH3 is 1. The van der Waals surface area contributed by atoms with Gasteiger partial charge < -0.3 is 19.7 Å². The van der Waals surface area contributed by atoms with E-state index in [1.807, 2.05) is 60.2 Å². The zero-order chi connectivity index (χ0) is 22.7. The number of carbonyl (C=O) groups excluding carboxylic acids is 1. The van der Waals surface area contributed by atoms with Crippen molar-refractivity contribution in [3.05, 3.63) is 83.6 Å². The number of nitrogens with zero attached hydrogens (tertiary/aromatic N) is 4. The van der Waals surface area contributed by atoms with Gasteiger partial charge >= 0.3 is 12.1 Å². The van der Waals surface area contributed by atoms with Gasteiger partial charge in [0.25, 0.3) is 0 Å². The number of amidine groups is 1. The molecule has 0 atom stereocenters. The Kier molecular flexibility index (Phi) is 5.71. The highest BCUT2D eigenvalue weighted by molar-refractivity contribution is 6.18. The Morgan fingerprint density at radius 1 is 1.25 bits per heavy atom. The van der Waals surface area contributed by atoms with Crippen LogP contribution in [0.3, 0.4) is 0 Å². The maximum atomic E-state index is 12.6. The van der Waals surface area contributed by atoms with Crippen molar-refractivity contribution in [3.8, 4) is 11.4 Å². The summed E-state index contributed by atoms with van der Waals surface area (Å²) in [5, 5.41) is 12.0. The Labute approximate surface area is 184 Å². The molecule has 1 saturated heterocycles. The van der Waals surface area contributed by atoms with Gasteiger partial charge in [-0.05, 0) is 36.3 Å². The molecular weight excluding hydrogens is 410 g/mol. The Hall–Kier alpha value is -4.40. The van der Waals surface area contributed by atoms with Gasteiger partial charge in [-0.3, -0.25) is 4.90 Å². The van der Waals surface area contributed by atoms with Crippen LogP contribution >= 0.6 is 0 Å². The van der Waals surface area contributed by atoms with Gasteiger partial charge in [0.15, 0.2) is 5.84 Å². The van der Waals surface area contributed by atoms with E-state index >= 15 is 0 Å². The van der Waals surface area contributed by atoms with Crippen molar-refractivity contribution in [1.29, 1.82) is 0 Å². The summed E-state index contributed by atoms with van der Waals surface area (Å²) in [6, 6.07) is 14.3. The Morgan fingerprint density at radius 2 is 2.03 bits per heavy atom. The lowest BCUT2D eigenvalue weighted by molar-refractivity contribution is 0.205. The van der Waals surface area contributed by atoms with Gasteiger partial charge in [0, 0.05) is 6.20 Å². The molecule has 9 nitrogen and oxygen atoms in total. The Balaban J connectivity index is 1.69. The molecule has 1 aliphatic heterocycles. The number of carbonyl (C=O) groups is 2. The van der Waals surface area contributed by atoms with Crippen LogP contribution in [0.25, 0.3) is 11.8 Å². The summed E-state index contributed by atoms with van der Waals surface area (Å²) >= 11 is 0. The first-order valence-electron chi connectivity index (χ1n) is 9.79. The monoisotopic (exact) mass is 431 g/mol. The van der Waals surface area contributed by atoms with Crippen LogP contribution in [0.15, 0.2) is 71.7 Å². The molecule has 0 spiro atoms. The zero-order valence-electron chi connectivity index (χ0n) is 17.5. The Bertz CT molecular complexity index is 1230. The number of rotatable bonds is 5. The van der Waals surface area contributed by atoms with Crippen LogP contribution < -0.4 is 10.1 Å². The van der Waals surface area contributed by atoms with E-state index in [0.717, 1.165) is 16.9 Å². The van der Waals surface area contributed by atoms with Crippen molar-refractivity contribution in [2.24, 2.45) is 4.99 Å². The number of aliphatic imine (C=N–C) groups is 1. The van der Waals surface area contributed by atoms with Crippen molar-refractivity contribution >= 4 is 24.0 Å². The van der Waals surface area contributed by atoms with Gasteiger partial charge in [-0.1, -0.05) is 36.4 Å². The van der Waals surface area contributed by atoms with Crippen LogP contribution in [0.1, 0.15) is 16.8 Å². The number of imidazole rings is 1. The number of hydrogen-bond acceptors (Lipinski definition) is 4. The van der Waals surface area contributed by atoms with Crippen LogP contribution in [0, 0.1) is 6.92 Å². The third-order valence-corrected chi connectivity index (χ3v) is 4.87. The summed E-state index contributed by atoms with van der Waals surface area (Å²) in [4.78, 5) is 33.1. The molecule has 0 saturated carbocycles. The molecule has 3 amide bonds. The van der Waals surface area contributed by atoms with E-state index < -0.39 is 12.1 Å². The number of aryl methyl sites for hydroxylation is 1. The highest BCUT2D eigenvalue weighted by Gasteiger charge is 2.32. The maximum absolute atomic E-state index is 12.6. The topological polar surface area (TPSA) is 109 Å². The third-order valence-electron chi connectivity index (χ3n) is 4.87. The molecule has 0 aliphatic carbocycles. The minimum atomic E-state index is -1.39. The number of carboxylic acid groups (broad SMARTS) is 1. The second-order valence-electron chi connectivity index (χ2n) is 7.13. The van der Waals surface area contributed by atoms with Crippen molar-refractivity contribution < 1.29 is 19.4 Å². The van der Waals surface area contributed by atoms with Crippen molar-refractivity contribution in [2.45, 2.75) is 13.5 Å². The average molecular weight is 431 g/mol. The predicted molar refractivity (Wildman–Crippen MR) is 119 cm³/mol. The lowest BCUT2D eigenvalue weighted by atomic mass is 10.1. The second kappa shape index (κ2) is 8.76. The van der Waals surface area contributed by atoms with E-state index in [4.69, 9.17) is 4.74 Å². The first kappa shape index (κ1) is 20.9. The summed E-state index contributed by atoms with van der Waals surface area (Å²) in [5.74, 6) is 0.638. The number of urea groups is 1. The largest absolute Gasteiger partial charge is 0.495 e. The summed E-state index contributed by atoms with van der Waals surface area (Å²) in [6.07, 6.45) is 3.85. The maximum Gasteiger partial charge on any atom is 0.433 e. The molecule has 0 unspecified atom stereocenters. The van der Waals surface area contributed by atoms with Crippen molar-refractivity contribution in [1.82, 2.24) is 19.8 Å². The zero-order valence-corrected chi connectivity index (χ0v) is 17.5. The minimum absolute atomic E-state index is 0.0413. The molecule has 4 rings (SSSR count). The molecule has 162 valence electrons. The average Bonchev–Trinajstić information content (AvgIpc) is 3.32. The number of nitrogens with one attached hydrogen (secondary N) is 1. The second-order valence-corrected chi connectivity index (χ2v) is 7.13. The smallest absolute Gasteiger partial charge is 0.433 e. The first-order valence-corrected chi connectivity index (χ1v) is 9.79. The molecule has 2 heterocycles. The van der Waals surface area contributed by atoms with Crippen LogP contribution in [0.4, 0.5) is 9.59 Å². The van der Waals surface area contributed by atoms with E-state index in [0.29, 0.717) is 17.0 Å². The van der Waals surface area contributed by atoms with Gasteiger partial charge in [0.05, 0.1) is 37.1 Å². The first-order chi connectivity index (χ1) is 15.4. The van der Waals surface area contributed by atoms with Crippen LogP contribution in [-0.2, 0) is 6.54 Å². The predicted octanol–water partition coefficient (Wildman–Crippen LogP) is 3.83. The normalized spacial score (nSPS) is 15.9. The fourth-order valence-corrected chi connectivity index (χ4v) is 3.42. The lowest BCUT2D eigenvalue weighted by Crippen LogP contribution is -2.30. The van der Waals surface area contributed by atoms with Crippen LogP contribution in [0.2, 0.25) is 0 Å². The highest BCUT2D eigenvalue weighted by atomic mass is 16.5. The highest BCUT2D eigenvalue weighted by Crippen LogP contribution is 2.26. The minimum Gasteiger partial charge on any atom is -0.495 e. The standard InChI is InChI=1S/C23H21N5O4/c1-15-12-27(14-24-15)19-9-8-17(11-20(19)32-2)10-18-21(26-23(30)31)28(22(29)25-18)13-16-6-4-3-5-7-16/h3-12,14H,13H2,1-2H3,(H,25,29)(H,30,31)/b18-10-,26-21+. The van der Waals surface area contributed by atoms with Gasteiger partial charge in [0.2, 0.25) is 0 Å². The number of hydrogen-bond donors (Lipinski definition) is 2. The van der Waals surface area contributed by atoms with E-state index in [2.05, 4.69) is 15.3 Å². The summed E-state index contributed by atoms with van der Waals surface area (Å²) < 4.78 is 7.38. The Morgan fingerprint density at radius 3 is 2.69 bits per heavy atom. The number of amides is 3. The van der Waals surface area contributed by atoms with Gasteiger partial charge in [-0.2, -0.15) is 4.99 Å². The summed E-state index contributed by atoms with van der Waals surface area (Å²) in [5.41, 5.74) is 3.53. The molecule has 0 radical (unpaired) electrons. The van der Waals surface area contributed by atoms with Gasteiger partial charge in [-0.15, -0.1) is 0 Å². The number of aromatic nitrogens is 2. The molecule has 32 heavy (non-hydrogen) atoms. The van der Waals surface area contributed by atoms with Gasteiger partial charge in [-0.25, -0.2) is 14.6 Å². The lowest BCUT2D eigenvalue weighted by Gasteiger charge is -2.14. The molecule has 1 aromatic heterocycles. The van der Waals surface area contributed by atoms with Crippen molar-refractivity contribution in [3.63, 3.8) is 0 Å². The molecule has 2 aromatic carbocycles. The van der Waals surface area contributed by atoms with Crippen molar-refractivity contribution in [2.75, 3.05) is 7.11 Å². The van der Waals surface area contributed by atoms with E-state index in [-0.39, 0.29) is 12.4 Å². The SMILES string of the molecule is COc1cc(/C=C2\NC(=O)N(Cc3ccccc3)\C2=N\C(=O)O)ccc1-n1cnc(C)c1.